The van der Waals surface area contributed by atoms with Crippen molar-refractivity contribution < 1.29 is 13.9 Å². The Balaban J connectivity index is 1.45. The summed E-state index contributed by atoms with van der Waals surface area (Å²) in [6.45, 7) is 5.54. The van der Waals surface area contributed by atoms with Gasteiger partial charge in [-0.2, -0.15) is 5.10 Å². The number of hydrazone groups is 1. The Morgan fingerprint density at radius 1 is 1.18 bits per heavy atom. The maximum absolute atomic E-state index is 13.1. The minimum Gasteiger partial charge on any atom is -0.457 e. The minimum atomic E-state index is -0.307. The van der Waals surface area contributed by atoms with E-state index in [-0.39, 0.29) is 17.6 Å². The molecule has 3 heterocycles. The normalized spacial score (nSPS) is 17.2. The highest BCUT2D eigenvalue weighted by molar-refractivity contribution is 5.99. The molecule has 0 saturated carbocycles. The van der Waals surface area contributed by atoms with Gasteiger partial charge >= 0.3 is 0 Å². The van der Waals surface area contributed by atoms with E-state index in [4.69, 9.17) is 10.5 Å². The predicted octanol–water partition coefficient (Wildman–Crippen LogP) is 3.63. The number of likely N-dealkylation sites (tertiary alicyclic amines) is 1. The van der Waals surface area contributed by atoms with Crippen LogP contribution in [0.4, 0.5) is 4.39 Å². The highest BCUT2D eigenvalue weighted by Crippen LogP contribution is 2.35. The van der Waals surface area contributed by atoms with E-state index < -0.39 is 0 Å². The van der Waals surface area contributed by atoms with Crippen LogP contribution in [0, 0.1) is 5.82 Å². The number of aromatic nitrogens is 1. The summed E-state index contributed by atoms with van der Waals surface area (Å²) in [7, 11) is 0. The minimum absolute atomic E-state index is 0.0401. The van der Waals surface area contributed by atoms with Crippen LogP contribution in [-0.4, -0.2) is 34.3 Å². The highest BCUT2D eigenvalue weighted by atomic mass is 19.1. The van der Waals surface area contributed by atoms with E-state index in [1.54, 1.807) is 12.1 Å². The Hall–Kier alpha value is -4.07. The van der Waals surface area contributed by atoms with Gasteiger partial charge in [0.25, 0.3) is 0 Å². The fourth-order valence-electron chi connectivity index (χ4n) is 4.50. The number of hydrogen-bond acceptors (Lipinski definition) is 5. The molecule has 1 amide bonds. The van der Waals surface area contributed by atoms with Crippen molar-refractivity contribution in [3.8, 4) is 17.2 Å². The molecule has 1 fully saturated rings. The van der Waals surface area contributed by atoms with Crippen LogP contribution < -0.4 is 15.9 Å². The van der Waals surface area contributed by atoms with Crippen molar-refractivity contribution in [2.75, 3.05) is 13.1 Å². The van der Waals surface area contributed by atoms with E-state index in [1.165, 1.54) is 23.8 Å². The van der Waals surface area contributed by atoms with Gasteiger partial charge in [-0.3, -0.25) is 4.79 Å². The molecule has 7 nitrogen and oxygen atoms in total. The van der Waals surface area contributed by atoms with Crippen LogP contribution in [0.5, 0.6) is 11.5 Å². The fraction of sp³-hybridized carbons (Fsp3) is 0.200. The summed E-state index contributed by atoms with van der Waals surface area (Å²) in [5.41, 5.74) is 13.3. The maximum atomic E-state index is 13.1. The second kappa shape index (κ2) is 8.46. The van der Waals surface area contributed by atoms with E-state index >= 15 is 0 Å². The van der Waals surface area contributed by atoms with E-state index in [1.807, 2.05) is 33.7 Å². The van der Waals surface area contributed by atoms with Gasteiger partial charge in [-0.15, -0.1) is 0 Å². The number of fused-ring (bicyclic) bond motifs is 1. The summed E-state index contributed by atoms with van der Waals surface area (Å²) < 4.78 is 21.0. The van der Waals surface area contributed by atoms with E-state index in [0.717, 1.165) is 23.4 Å². The first-order valence-corrected chi connectivity index (χ1v) is 10.8. The molecule has 0 aliphatic carbocycles. The van der Waals surface area contributed by atoms with Gasteiger partial charge in [0.05, 0.1) is 12.2 Å². The third-order valence-corrected chi connectivity index (χ3v) is 6.12. The summed E-state index contributed by atoms with van der Waals surface area (Å²) in [5, 5.41) is 4.22. The van der Waals surface area contributed by atoms with Crippen LogP contribution in [0.2, 0.25) is 0 Å². The summed E-state index contributed by atoms with van der Waals surface area (Å²) >= 11 is 0. The largest absolute Gasteiger partial charge is 0.457 e. The van der Waals surface area contributed by atoms with Gasteiger partial charge in [-0.1, -0.05) is 6.58 Å². The molecule has 168 valence electrons. The zero-order valence-corrected chi connectivity index (χ0v) is 18.0. The van der Waals surface area contributed by atoms with E-state index in [2.05, 4.69) is 23.3 Å². The second-order valence-corrected chi connectivity index (χ2v) is 8.14. The average molecular weight is 445 g/mol. The van der Waals surface area contributed by atoms with Crippen LogP contribution >= 0.6 is 0 Å². The molecule has 33 heavy (non-hydrogen) atoms. The summed E-state index contributed by atoms with van der Waals surface area (Å²) in [6, 6.07) is 13.5. The topological polar surface area (TPSA) is 84.9 Å². The number of rotatable bonds is 5. The first kappa shape index (κ1) is 20.8. The smallest absolute Gasteiger partial charge is 0.245 e. The molecule has 2 aliphatic heterocycles. The maximum Gasteiger partial charge on any atom is 0.245 e. The standard InChI is InChI=1S/C25H24FN5O2/c1-2-23(32)30-12-11-16(14-30)22-15-31(24-21(22)13-28-29-25(24)27)18-5-9-20(10-6-18)33-19-7-3-17(26)4-8-19/h2-10,15-16,28H,1,11-14H2,(H2,27,29)/t16-/m1/s1. The number of nitrogens with two attached hydrogens (primary N) is 1. The van der Waals surface area contributed by atoms with Gasteiger partial charge in [-0.25, -0.2) is 4.39 Å². The van der Waals surface area contributed by atoms with E-state index in [0.29, 0.717) is 37.0 Å². The van der Waals surface area contributed by atoms with Crippen molar-refractivity contribution in [1.82, 2.24) is 14.9 Å². The number of nitrogens with zero attached hydrogens (tertiary/aromatic N) is 3. The fourth-order valence-corrected chi connectivity index (χ4v) is 4.50. The van der Waals surface area contributed by atoms with Gasteiger partial charge in [0, 0.05) is 36.5 Å². The van der Waals surface area contributed by atoms with Crippen LogP contribution in [0.25, 0.3) is 5.69 Å². The molecule has 0 spiro atoms. The van der Waals surface area contributed by atoms with Gasteiger partial charge in [0.15, 0.2) is 5.84 Å². The zero-order valence-electron chi connectivity index (χ0n) is 18.0. The monoisotopic (exact) mass is 445 g/mol. The molecule has 0 radical (unpaired) electrons. The number of carbonyl (C=O) groups is 1. The molecule has 0 bridgehead atoms. The van der Waals surface area contributed by atoms with Gasteiger partial charge < -0.3 is 25.4 Å². The van der Waals surface area contributed by atoms with Crippen molar-refractivity contribution in [1.29, 1.82) is 0 Å². The van der Waals surface area contributed by atoms with Crippen LogP contribution in [0.3, 0.4) is 0 Å². The average Bonchev–Trinajstić information content (AvgIpc) is 3.47. The Morgan fingerprint density at radius 3 is 2.58 bits per heavy atom. The third kappa shape index (κ3) is 3.95. The molecule has 1 aromatic heterocycles. The van der Waals surface area contributed by atoms with Crippen molar-refractivity contribution in [2.24, 2.45) is 10.8 Å². The van der Waals surface area contributed by atoms with Gasteiger partial charge in [0.1, 0.15) is 17.3 Å². The molecule has 3 N–H and O–H groups in total. The Kier molecular flexibility index (Phi) is 5.34. The number of hydrogen-bond donors (Lipinski definition) is 2. The zero-order chi connectivity index (χ0) is 22.9. The Bertz CT molecular complexity index is 1230. The molecule has 0 unspecified atom stereocenters. The molecule has 2 aliphatic rings. The lowest BCUT2D eigenvalue weighted by Gasteiger charge is -2.17. The van der Waals surface area contributed by atoms with Crippen molar-refractivity contribution in [2.45, 2.75) is 18.9 Å². The van der Waals surface area contributed by atoms with Crippen molar-refractivity contribution in [3.05, 3.63) is 90.0 Å². The molecule has 3 aromatic rings. The lowest BCUT2D eigenvalue weighted by molar-refractivity contribution is -0.125. The van der Waals surface area contributed by atoms with Crippen LogP contribution in [-0.2, 0) is 11.3 Å². The number of benzene rings is 2. The lowest BCUT2D eigenvalue weighted by atomic mass is 9.95. The number of halogens is 1. The molecule has 1 saturated heterocycles. The quantitative estimate of drug-likeness (QED) is 0.588. The predicted molar refractivity (Wildman–Crippen MR) is 124 cm³/mol. The van der Waals surface area contributed by atoms with Gasteiger partial charge in [-0.05, 0) is 66.6 Å². The van der Waals surface area contributed by atoms with Crippen molar-refractivity contribution in [3.63, 3.8) is 0 Å². The number of ether oxygens (including phenoxy) is 1. The number of amidine groups is 1. The Morgan fingerprint density at radius 2 is 1.88 bits per heavy atom. The van der Waals surface area contributed by atoms with Crippen LogP contribution in [0.15, 0.2) is 72.5 Å². The first-order valence-electron chi connectivity index (χ1n) is 10.8. The Labute approximate surface area is 191 Å². The molecular formula is C25H24FN5O2. The molecule has 8 heteroatoms. The number of nitrogens with one attached hydrogen (secondary N) is 1. The van der Waals surface area contributed by atoms with E-state index in [9.17, 15) is 9.18 Å². The lowest BCUT2D eigenvalue weighted by Crippen LogP contribution is -2.29. The third-order valence-electron chi connectivity index (χ3n) is 6.12. The number of amides is 1. The summed E-state index contributed by atoms with van der Waals surface area (Å²) in [6.07, 6.45) is 4.35. The SMILES string of the molecule is C=CC(=O)N1CC[C@@H](c2cn(-c3ccc(Oc4ccc(F)cc4)cc3)c3c2CNN=C3N)C1. The molecular weight excluding hydrogens is 421 g/mol. The molecule has 1 atom stereocenters. The molecule has 2 aromatic carbocycles. The number of carbonyl (C=O) groups excluding carboxylic acids is 1. The summed E-state index contributed by atoms with van der Waals surface area (Å²) in [4.78, 5) is 13.9. The van der Waals surface area contributed by atoms with Crippen molar-refractivity contribution >= 4 is 11.7 Å². The second-order valence-electron chi connectivity index (χ2n) is 8.14. The van der Waals surface area contributed by atoms with Crippen LogP contribution in [0.1, 0.15) is 29.2 Å². The molecule has 5 rings (SSSR count). The first-order chi connectivity index (χ1) is 16.0. The highest BCUT2D eigenvalue weighted by Gasteiger charge is 2.32. The van der Waals surface area contributed by atoms with Gasteiger partial charge in [0.2, 0.25) is 5.91 Å². The summed E-state index contributed by atoms with van der Waals surface area (Å²) in [5.74, 6) is 1.50.